The summed E-state index contributed by atoms with van der Waals surface area (Å²) >= 11 is 0. The van der Waals surface area contributed by atoms with Gasteiger partial charge >= 0.3 is 0 Å². The minimum absolute atomic E-state index is 0.719. The van der Waals surface area contributed by atoms with E-state index in [2.05, 4.69) is 37.8 Å². The van der Waals surface area contributed by atoms with Crippen molar-refractivity contribution in [1.82, 2.24) is 24.6 Å². The van der Waals surface area contributed by atoms with Crippen molar-refractivity contribution in [3.8, 4) is 0 Å². The molecule has 0 amide bonds. The van der Waals surface area contributed by atoms with Crippen molar-refractivity contribution in [2.45, 2.75) is 39.2 Å². The summed E-state index contributed by atoms with van der Waals surface area (Å²) in [6.07, 6.45) is 8.27. The fraction of sp³-hybridized carbons (Fsp3) is 0.667. The highest BCUT2D eigenvalue weighted by Crippen LogP contribution is 2.19. The molecule has 0 aliphatic carbocycles. The number of hydrogen-bond acceptors (Lipinski definition) is 5. The summed E-state index contributed by atoms with van der Waals surface area (Å²) in [4.78, 5) is 11.0. The second-order valence-electron chi connectivity index (χ2n) is 6.00. The molecule has 21 heavy (non-hydrogen) atoms. The van der Waals surface area contributed by atoms with Crippen molar-refractivity contribution in [1.29, 1.82) is 0 Å². The molecular weight excluding hydrogens is 266 g/mol. The fourth-order valence-electron chi connectivity index (χ4n) is 3.06. The third-order valence-corrected chi connectivity index (χ3v) is 4.10. The van der Waals surface area contributed by atoms with E-state index in [1.165, 1.54) is 12.2 Å². The van der Waals surface area contributed by atoms with E-state index in [0.717, 1.165) is 56.5 Å². The van der Waals surface area contributed by atoms with Gasteiger partial charge in [0.2, 0.25) is 5.89 Å². The first-order chi connectivity index (χ1) is 10.2. The summed E-state index contributed by atoms with van der Waals surface area (Å²) in [7, 11) is 2.20. The summed E-state index contributed by atoms with van der Waals surface area (Å²) in [5.41, 5.74) is 0. The Hall–Kier alpha value is -1.69. The number of fused-ring (bicyclic) bond motifs is 1. The van der Waals surface area contributed by atoms with Gasteiger partial charge < -0.3 is 14.0 Å². The molecule has 3 rings (SSSR count). The second-order valence-corrected chi connectivity index (χ2v) is 6.00. The van der Waals surface area contributed by atoms with E-state index in [-0.39, 0.29) is 0 Å². The van der Waals surface area contributed by atoms with Gasteiger partial charge in [-0.05, 0) is 39.3 Å². The van der Waals surface area contributed by atoms with Crippen molar-refractivity contribution < 1.29 is 4.52 Å². The van der Waals surface area contributed by atoms with Crippen molar-refractivity contribution in [3.05, 3.63) is 29.9 Å². The first kappa shape index (κ1) is 14.3. The lowest BCUT2D eigenvalue weighted by molar-refractivity contribution is 0.230. The summed E-state index contributed by atoms with van der Waals surface area (Å²) in [6, 6.07) is 0. The van der Waals surface area contributed by atoms with Gasteiger partial charge in [0.25, 0.3) is 0 Å². The minimum atomic E-state index is 0.719. The molecule has 1 aliphatic heterocycles. The van der Waals surface area contributed by atoms with Gasteiger partial charge in [-0.1, -0.05) is 5.16 Å². The van der Waals surface area contributed by atoms with Crippen LogP contribution in [0.5, 0.6) is 0 Å². The van der Waals surface area contributed by atoms with Crippen molar-refractivity contribution >= 4 is 0 Å². The molecule has 0 unspecified atom stereocenters. The van der Waals surface area contributed by atoms with Crippen LogP contribution in [0.4, 0.5) is 0 Å². The van der Waals surface area contributed by atoms with Crippen molar-refractivity contribution in [2.24, 2.45) is 5.92 Å². The number of nitrogens with zero attached hydrogens (tertiary/aromatic N) is 5. The van der Waals surface area contributed by atoms with Crippen LogP contribution in [0.25, 0.3) is 0 Å². The maximum Gasteiger partial charge on any atom is 0.226 e. The predicted octanol–water partition coefficient (Wildman–Crippen LogP) is 1.70. The molecule has 1 aliphatic rings. The van der Waals surface area contributed by atoms with E-state index in [0.29, 0.717) is 0 Å². The first-order valence-corrected chi connectivity index (χ1v) is 7.68. The molecule has 0 saturated heterocycles. The van der Waals surface area contributed by atoms with Crippen LogP contribution in [0, 0.1) is 12.8 Å². The van der Waals surface area contributed by atoms with Gasteiger partial charge in [-0.2, -0.15) is 4.98 Å². The van der Waals surface area contributed by atoms with Gasteiger partial charge in [0.05, 0.1) is 0 Å². The standard InChI is InChI=1S/C15H23N5O/c1-12-17-15(21-18-12)4-3-8-19(2)10-13-5-6-14-16-7-9-20(14)11-13/h7,9,13H,3-6,8,10-11H2,1-2H3/t13-/m1/s1. The number of imidazole rings is 1. The fourth-order valence-corrected chi connectivity index (χ4v) is 3.06. The zero-order valence-corrected chi connectivity index (χ0v) is 12.8. The number of rotatable bonds is 6. The Morgan fingerprint density at radius 1 is 1.48 bits per heavy atom. The van der Waals surface area contributed by atoms with Crippen LogP contribution in [0.1, 0.15) is 30.4 Å². The van der Waals surface area contributed by atoms with E-state index < -0.39 is 0 Å². The lowest BCUT2D eigenvalue weighted by Gasteiger charge is -2.28. The molecule has 0 spiro atoms. The highest BCUT2D eigenvalue weighted by atomic mass is 16.5. The smallest absolute Gasteiger partial charge is 0.226 e. The second kappa shape index (κ2) is 6.39. The molecule has 0 bridgehead atoms. The quantitative estimate of drug-likeness (QED) is 0.810. The van der Waals surface area contributed by atoms with Crippen molar-refractivity contribution in [3.63, 3.8) is 0 Å². The third-order valence-electron chi connectivity index (χ3n) is 4.10. The molecule has 0 radical (unpaired) electrons. The Kier molecular flexibility index (Phi) is 4.34. The lowest BCUT2D eigenvalue weighted by atomic mass is 9.99. The summed E-state index contributed by atoms with van der Waals surface area (Å²) in [5, 5.41) is 3.82. The summed E-state index contributed by atoms with van der Waals surface area (Å²) < 4.78 is 7.43. The van der Waals surface area contributed by atoms with Crippen LogP contribution in [0.15, 0.2) is 16.9 Å². The highest BCUT2D eigenvalue weighted by molar-refractivity contribution is 4.97. The predicted molar refractivity (Wildman–Crippen MR) is 78.9 cm³/mol. The average molecular weight is 289 g/mol. The van der Waals surface area contributed by atoms with E-state index >= 15 is 0 Å². The Bertz CT molecular complexity index is 576. The Labute approximate surface area is 125 Å². The van der Waals surface area contributed by atoms with Crippen LogP contribution in [0.2, 0.25) is 0 Å². The van der Waals surface area contributed by atoms with Gasteiger partial charge in [-0.25, -0.2) is 4.98 Å². The average Bonchev–Trinajstić information content (AvgIpc) is 3.07. The van der Waals surface area contributed by atoms with E-state index in [1.807, 2.05) is 13.1 Å². The van der Waals surface area contributed by atoms with Gasteiger partial charge in [0.1, 0.15) is 5.82 Å². The van der Waals surface area contributed by atoms with Crippen LogP contribution < -0.4 is 0 Å². The van der Waals surface area contributed by atoms with Crippen LogP contribution >= 0.6 is 0 Å². The summed E-state index contributed by atoms with van der Waals surface area (Å²) in [5.74, 6) is 3.43. The zero-order valence-electron chi connectivity index (χ0n) is 12.8. The number of aromatic nitrogens is 4. The molecule has 2 aromatic rings. The normalized spacial score (nSPS) is 18.1. The highest BCUT2D eigenvalue weighted by Gasteiger charge is 2.19. The topological polar surface area (TPSA) is 60.0 Å². The largest absolute Gasteiger partial charge is 0.339 e. The van der Waals surface area contributed by atoms with E-state index in [9.17, 15) is 0 Å². The lowest BCUT2D eigenvalue weighted by Crippen LogP contribution is -2.32. The number of hydrogen-bond donors (Lipinski definition) is 0. The zero-order chi connectivity index (χ0) is 14.7. The molecule has 0 saturated carbocycles. The van der Waals surface area contributed by atoms with Crippen LogP contribution in [-0.2, 0) is 19.4 Å². The maximum absolute atomic E-state index is 5.14. The molecule has 2 aromatic heterocycles. The Morgan fingerprint density at radius 3 is 3.19 bits per heavy atom. The maximum atomic E-state index is 5.14. The molecule has 114 valence electrons. The molecule has 6 heteroatoms. The first-order valence-electron chi connectivity index (χ1n) is 7.68. The van der Waals surface area contributed by atoms with Crippen molar-refractivity contribution in [2.75, 3.05) is 20.1 Å². The SMILES string of the molecule is Cc1noc(CCCN(C)C[C@H]2CCc3nccn3C2)n1. The minimum Gasteiger partial charge on any atom is -0.339 e. The molecule has 0 aromatic carbocycles. The molecule has 3 heterocycles. The molecular formula is C15H23N5O. The summed E-state index contributed by atoms with van der Waals surface area (Å²) in [6.45, 7) is 5.16. The van der Waals surface area contributed by atoms with E-state index in [4.69, 9.17) is 4.52 Å². The molecule has 6 nitrogen and oxygen atoms in total. The van der Waals surface area contributed by atoms with Gasteiger partial charge in [0.15, 0.2) is 5.82 Å². The Balaban J connectivity index is 1.39. The number of aryl methyl sites for hydroxylation is 3. The van der Waals surface area contributed by atoms with Gasteiger partial charge in [-0.3, -0.25) is 0 Å². The molecule has 0 N–H and O–H groups in total. The van der Waals surface area contributed by atoms with Gasteiger partial charge in [-0.15, -0.1) is 0 Å². The van der Waals surface area contributed by atoms with Crippen LogP contribution in [-0.4, -0.2) is 44.7 Å². The molecule has 1 atom stereocenters. The molecule has 0 fully saturated rings. The monoisotopic (exact) mass is 289 g/mol. The Morgan fingerprint density at radius 2 is 2.38 bits per heavy atom. The third kappa shape index (κ3) is 3.69. The van der Waals surface area contributed by atoms with E-state index in [1.54, 1.807) is 0 Å². The van der Waals surface area contributed by atoms with Crippen LogP contribution in [0.3, 0.4) is 0 Å². The van der Waals surface area contributed by atoms with Gasteiger partial charge in [0, 0.05) is 38.3 Å².